The number of nitrogens with zero attached hydrogens (tertiary/aromatic N) is 3. The molecule has 7 N–H and O–H groups in total. The van der Waals surface area contributed by atoms with Crippen LogP contribution < -0.4 is 26.6 Å². The van der Waals surface area contributed by atoms with Gasteiger partial charge in [0.05, 0.1) is 23.1 Å². The number of carboxylic acids is 1. The van der Waals surface area contributed by atoms with E-state index < -0.39 is 58.2 Å². The normalized spacial score (nSPS) is 17.2. The number of nitrogens with two attached hydrogens (primary N) is 1. The third-order valence-electron chi connectivity index (χ3n) is 11.5. The number of aliphatic carboxylic acids is 1. The fourth-order valence-corrected chi connectivity index (χ4v) is 9.63. The van der Waals surface area contributed by atoms with Crippen LogP contribution in [0.5, 0.6) is 0 Å². The number of carbonyl (C=O) groups excluding carboxylic acids is 4. The highest BCUT2D eigenvalue weighted by atomic mass is 32.2. The molecule has 4 aromatic rings. The molecule has 1 saturated carbocycles. The highest BCUT2D eigenvalue weighted by Gasteiger charge is 2.35. The van der Waals surface area contributed by atoms with Crippen molar-refractivity contribution in [3.63, 3.8) is 0 Å². The Morgan fingerprint density at radius 3 is 2.05 bits per heavy atom. The molecule has 4 amide bonds. The Bertz CT molecular complexity index is 2360. The van der Waals surface area contributed by atoms with E-state index in [1.54, 1.807) is 55.5 Å². The minimum absolute atomic E-state index is 0.0120. The molecular weight excluding hydrogens is 815 g/mol. The van der Waals surface area contributed by atoms with E-state index in [1.165, 1.54) is 28.6 Å². The van der Waals surface area contributed by atoms with Crippen LogP contribution in [-0.4, -0.2) is 95.8 Å². The molecule has 6 rings (SSSR count). The maximum atomic E-state index is 13.9. The van der Waals surface area contributed by atoms with Crippen molar-refractivity contribution in [2.45, 2.75) is 81.7 Å². The predicted molar refractivity (Wildman–Crippen MR) is 233 cm³/mol. The van der Waals surface area contributed by atoms with Crippen molar-refractivity contribution < 1.29 is 42.6 Å². The lowest BCUT2D eigenvalue weighted by atomic mass is 9.86. The number of aromatic nitrogens is 1. The lowest BCUT2D eigenvalue weighted by molar-refractivity contribution is -0.143. The minimum atomic E-state index is -4.03. The van der Waals surface area contributed by atoms with Crippen molar-refractivity contribution in [2.75, 3.05) is 41.8 Å². The maximum Gasteiger partial charge on any atom is 0.306 e. The first-order chi connectivity index (χ1) is 29.8. The molecule has 0 bridgehead atoms. The summed E-state index contributed by atoms with van der Waals surface area (Å²) < 4.78 is 29.2. The number of carbonyl (C=O) groups is 5. The van der Waals surface area contributed by atoms with E-state index >= 15 is 0 Å². The average Bonchev–Trinajstić information content (AvgIpc) is 3.28. The Kier molecular flexibility index (Phi) is 15.1. The SMILES string of the molecule is CCN(C1CCC(C(=O)O)CC1)S(=O)(=O)c1cccc(C(=O)Nc2ccc(N3CCCCC3)nc2C(=O)Nc2ccc(CCc3ccc(C(=O)N[C@@H](CO)C(N)=O)cc3)cc2)c1. The fraction of sp³-hybridized carbons (Fsp3) is 0.378. The van der Waals surface area contributed by atoms with E-state index in [9.17, 15) is 42.6 Å². The Morgan fingerprint density at radius 2 is 1.45 bits per heavy atom. The van der Waals surface area contributed by atoms with Crippen LogP contribution in [0, 0.1) is 5.92 Å². The number of benzene rings is 3. The number of hydrogen-bond acceptors (Lipinski definition) is 10. The topological polar surface area (TPSA) is 241 Å². The summed E-state index contributed by atoms with van der Waals surface area (Å²) in [5, 5.41) is 26.8. The van der Waals surface area contributed by atoms with Gasteiger partial charge in [0.15, 0.2) is 5.69 Å². The van der Waals surface area contributed by atoms with Crippen molar-refractivity contribution in [1.29, 1.82) is 0 Å². The molecule has 328 valence electrons. The summed E-state index contributed by atoms with van der Waals surface area (Å²) >= 11 is 0. The molecule has 2 fully saturated rings. The summed E-state index contributed by atoms with van der Waals surface area (Å²) in [5.74, 6) is -3.30. The number of aliphatic hydroxyl groups is 1. The summed E-state index contributed by atoms with van der Waals surface area (Å²) in [7, 11) is -4.03. The highest BCUT2D eigenvalue weighted by molar-refractivity contribution is 7.89. The van der Waals surface area contributed by atoms with Crippen LogP contribution in [0.2, 0.25) is 0 Å². The number of aryl methyl sites for hydroxylation is 2. The van der Waals surface area contributed by atoms with Gasteiger partial charge in [0, 0.05) is 42.5 Å². The van der Waals surface area contributed by atoms with Crippen LogP contribution in [0.15, 0.2) is 89.8 Å². The molecule has 1 aliphatic carbocycles. The van der Waals surface area contributed by atoms with Gasteiger partial charge in [-0.2, -0.15) is 4.31 Å². The van der Waals surface area contributed by atoms with Crippen molar-refractivity contribution in [3.8, 4) is 0 Å². The molecule has 1 aromatic heterocycles. The number of amides is 4. The monoisotopic (exact) mass is 867 g/mol. The number of hydrogen-bond donors (Lipinski definition) is 6. The zero-order chi connectivity index (χ0) is 44.4. The zero-order valence-corrected chi connectivity index (χ0v) is 35.4. The number of primary amides is 1. The molecule has 2 aliphatic rings. The zero-order valence-electron chi connectivity index (χ0n) is 34.6. The second kappa shape index (κ2) is 20.6. The number of rotatable bonds is 17. The average molecular weight is 868 g/mol. The van der Waals surface area contributed by atoms with E-state index in [4.69, 9.17) is 10.7 Å². The summed E-state index contributed by atoms with van der Waals surface area (Å²) in [5.41, 5.74) is 8.18. The molecule has 0 spiro atoms. The Balaban J connectivity index is 1.13. The van der Waals surface area contributed by atoms with Gasteiger partial charge in [0.2, 0.25) is 15.9 Å². The van der Waals surface area contributed by atoms with Crippen molar-refractivity contribution in [3.05, 3.63) is 113 Å². The number of carboxylic acid groups (broad SMARTS) is 1. The Morgan fingerprint density at radius 1 is 0.806 bits per heavy atom. The van der Waals surface area contributed by atoms with Gasteiger partial charge in [0.25, 0.3) is 17.7 Å². The smallest absolute Gasteiger partial charge is 0.306 e. The summed E-state index contributed by atoms with van der Waals surface area (Å²) in [6.07, 6.45) is 6.02. The van der Waals surface area contributed by atoms with Gasteiger partial charge in [-0.1, -0.05) is 37.3 Å². The molecule has 0 radical (unpaired) electrons. The lowest BCUT2D eigenvalue weighted by Crippen LogP contribution is -2.46. The van der Waals surface area contributed by atoms with Gasteiger partial charge in [-0.05, 0) is 124 Å². The minimum Gasteiger partial charge on any atom is -0.481 e. The highest BCUT2D eigenvalue weighted by Crippen LogP contribution is 2.32. The number of sulfonamides is 1. The Labute approximate surface area is 361 Å². The third kappa shape index (κ3) is 11.2. The quantitative estimate of drug-likeness (QED) is 0.0858. The maximum absolute atomic E-state index is 13.9. The van der Waals surface area contributed by atoms with Crippen molar-refractivity contribution in [1.82, 2.24) is 14.6 Å². The number of piperidine rings is 1. The van der Waals surface area contributed by atoms with Gasteiger partial charge < -0.3 is 36.8 Å². The molecule has 62 heavy (non-hydrogen) atoms. The van der Waals surface area contributed by atoms with Crippen molar-refractivity contribution >= 4 is 56.8 Å². The number of pyridine rings is 1. The number of aliphatic hydroxyl groups excluding tert-OH is 1. The number of anilines is 3. The fourth-order valence-electron chi connectivity index (χ4n) is 7.89. The van der Waals surface area contributed by atoms with Crippen LogP contribution >= 0.6 is 0 Å². The molecule has 1 aliphatic heterocycles. The molecule has 0 unspecified atom stereocenters. The summed E-state index contributed by atoms with van der Waals surface area (Å²) in [6.45, 7) is 2.88. The Hall–Kier alpha value is -6.17. The van der Waals surface area contributed by atoms with E-state index in [1.807, 2.05) is 12.1 Å². The first-order valence-electron chi connectivity index (χ1n) is 20.9. The van der Waals surface area contributed by atoms with E-state index in [0.717, 1.165) is 43.5 Å². The van der Waals surface area contributed by atoms with Crippen LogP contribution in [0.25, 0.3) is 0 Å². The van der Waals surface area contributed by atoms with Gasteiger partial charge >= 0.3 is 5.97 Å². The molecule has 1 atom stereocenters. The standard InChI is InChI=1S/C45H53N7O9S/c1-2-52(35-21-17-32(18-22-35)45(58)59)62(60,61)36-8-6-7-33(27-36)43(56)48-37-23-24-39(51-25-4-3-5-26-51)50-40(37)44(57)47-34-19-13-30(14-20-34)10-9-29-11-15-31(16-12-29)42(55)49-38(28-53)41(46)54/h6-8,11-16,19-20,23-24,27,32,35,38,53H,2-5,9-10,17-18,21-22,25-26,28H2,1H3,(H2,46,54)(H,47,57)(H,48,56)(H,49,55)(H,58,59)/t32?,35?,38-/m0/s1. The van der Waals surface area contributed by atoms with Crippen LogP contribution in [0.3, 0.4) is 0 Å². The molecule has 2 heterocycles. The van der Waals surface area contributed by atoms with Crippen LogP contribution in [0.4, 0.5) is 17.2 Å². The molecule has 3 aromatic carbocycles. The summed E-state index contributed by atoms with van der Waals surface area (Å²) in [4.78, 5) is 69.8. The van der Waals surface area contributed by atoms with Crippen molar-refractivity contribution in [2.24, 2.45) is 11.7 Å². The summed E-state index contributed by atoms with van der Waals surface area (Å²) in [6, 6.07) is 21.8. The molecular formula is C45H53N7O9S. The van der Waals surface area contributed by atoms with E-state index in [2.05, 4.69) is 20.9 Å². The lowest BCUT2D eigenvalue weighted by Gasteiger charge is -2.34. The largest absolute Gasteiger partial charge is 0.481 e. The third-order valence-corrected chi connectivity index (χ3v) is 13.5. The van der Waals surface area contributed by atoms with Gasteiger partial charge in [-0.15, -0.1) is 0 Å². The van der Waals surface area contributed by atoms with E-state index in [-0.39, 0.29) is 34.4 Å². The second-order valence-electron chi connectivity index (χ2n) is 15.6. The predicted octanol–water partition coefficient (Wildman–Crippen LogP) is 4.59. The molecule has 17 heteroatoms. The number of nitrogens with one attached hydrogen (secondary N) is 3. The first kappa shape index (κ1) is 45.4. The van der Waals surface area contributed by atoms with Gasteiger partial charge in [-0.3, -0.25) is 24.0 Å². The van der Waals surface area contributed by atoms with Crippen LogP contribution in [-0.2, 0) is 32.5 Å². The molecule has 1 saturated heterocycles. The first-order valence-corrected chi connectivity index (χ1v) is 22.3. The molecule has 16 nitrogen and oxygen atoms in total. The van der Waals surface area contributed by atoms with E-state index in [0.29, 0.717) is 55.6 Å². The van der Waals surface area contributed by atoms with Gasteiger partial charge in [0.1, 0.15) is 11.9 Å². The van der Waals surface area contributed by atoms with Gasteiger partial charge in [-0.25, -0.2) is 13.4 Å². The second-order valence-corrected chi connectivity index (χ2v) is 17.5. The van der Waals surface area contributed by atoms with Crippen LogP contribution in [0.1, 0.15) is 94.2 Å².